The van der Waals surface area contributed by atoms with Gasteiger partial charge >= 0.3 is 0 Å². The number of anilines is 1. The number of rotatable bonds is 3. The first-order valence-corrected chi connectivity index (χ1v) is 7.07. The van der Waals surface area contributed by atoms with Crippen LogP contribution in [0.4, 0.5) is 10.1 Å². The van der Waals surface area contributed by atoms with Crippen molar-refractivity contribution in [2.24, 2.45) is 11.1 Å². The van der Waals surface area contributed by atoms with Crippen LogP contribution in [0.25, 0.3) is 0 Å². The van der Waals surface area contributed by atoms with E-state index >= 15 is 0 Å². The van der Waals surface area contributed by atoms with E-state index in [1.807, 2.05) is 0 Å². The third kappa shape index (κ3) is 3.10. The molecule has 1 saturated carbocycles. The summed E-state index contributed by atoms with van der Waals surface area (Å²) in [5.74, 6) is -1.32. The highest BCUT2D eigenvalue weighted by molar-refractivity contribution is 5.95. The van der Waals surface area contributed by atoms with Crippen molar-refractivity contribution in [3.05, 3.63) is 24.0 Å². The number of aromatic hydroxyl groups is 1. The number of benzene rings is 1. The molecule has 0 bridgehead atoms. The highest BCUT2D eigenvalue weighted by Crippen LogP contribution is 2.35. The van der Waals surface area contributed by atoms with Crippen molar-refractivity contribution >= 4 is 11.6 Å². The Morgan fingerprint density at radius 1 is 1.30 bits per heavy atom. The normalized spacial score (nSPS) is 18.3. The molecule has 0 heterocycles. The third-order valence-electron chi connectivity index (χ3n) is 4.14. The van der Waals surface area contributed by atoms with Crippen molar-refractivity contribution in [3.63, 3.8) is 0 Å². The van der Waals surface area contributed by atoms with E-state index in [-0.39, 0.29) is 5.91 Å². The predicted molar refractivity (Wildman–Crippen MR) is 75.9 cm³/mol. The largest absolute Gasteiger partial charge is 0.505 e. The first-order valence-electron chi connectivity index (χ1n) is 7.07. The second kappa shape index (κ2) is 6.22. The SMILES string of the molecule is NCC1(C(=O)Nc2ccc(O)c(F)c2)CCCCCC1. The number of amides is 1. The number of phenolic OH excluding ortho intramolecular Hbond substituents is 1. The zero-order valence-electron chi connectivity index (χ0n) is 11.5. The Morgan fingerprint density at radius 2 is 1.95 bits per heavy atom. The molecule has 0 unspecified atom stereocenters. The minimum absolute atomic E-state index is 0.146. The molecule has 0 saturated heterocycles. The first-order chi connectivity index (χ1) is 9.57. The molecular weight excluding hydrogens is 259 g/mol. The van der Waals surface area contributed by atoms with Gasteiger partial charge in [-0.3, -0.25) is 4.79 Å². The lowest BCUT2D eigenvalue weighted by atomic mass is 9.79. The number of carbonyl (C=O) groups excluding carboxylic acids is 1. The summed E-state index contributed by atoms with van der Waals surface area (Å²) in [5, 5.41) is 11.9. The lowest BCUT2D eigenvalue weighted by Gasteiger charge is -2.29. The maximum atomic E-state index is 13.3. The summed E-state index contributed by atoms with van der Waals surface area (Å²) in [6, 6.07) is 3.83. The average Bonchev–Trinajstić information content (AvgIpc) is 2.69. The molecule has 0 atom stereocenters. The molecule has 1 aromatic carbocycles. The summed E-state index contributed by atoms with van der Waals surface area (Å²) in [6.45, 7) is 0.305. The quantitative estimate of drug-likeness (QED) is 0.588. The van der Waals surface area contributed by atoms with Gasteiger partial charge in [-0.15, -0.1) is 0 Å². The minimum Gasteiger partial charge on any atom is -0.505 e. The van der Waals surface area contributed by atoms with Crippen LogP contribution in [0.3, 0.4) is 0 Å². The number of hydrogen-bond acceptors (Lipinski definition) is 3. The van der Waals surface area contributed by atoms with Gasteiger partial charge < -0.3 is 16.2 Å². The summed E-state index contributed by atoms with van der Waals surface area (Å²) >= 11 is 0. The lowest BCUT2D eigenvalue weighted by Crippen LogP contribution is -2.42. The first kappa shape index (κ1) is 14.8. The smallest absolute Gasteiger partial charge is 0.231 e. The molecule has 20 heavy (non-hydrogen) atoms. The number of halogens is 1. The van der Waals surface area contributed by atoms with E-state index in [1.54, 1.807) is 0 Å². The van der Waals surface area contributed by atoms with Gasteiger partial charge in [-0.1, -0.05) is 25.7 Å². The van der Waals surface area contributed by atoms with E-state index in [0.29, 0.717) is 12.2 Å². The summed E-state index contributed by atoms with van der Waals surface area (Å²) in [6.07, 6.45) is 5.79. The van der Waals surface area contributed by atoms with Crippen LogP contribution in [-0.2, 0) is 4.79 Å². The van der Waals surface area contributed by atoms with Crippen molar-refractivity contribution in [1.82, 2.24) is 0 Å². The number of nitrogens with two attached hydrogens (primary N) is 1. The Kier molecular flexibility index (Phi) is 4.60. The molecule has 2 rings (SSSR count). The molecule has 1 fully saturated rings. The Balaban J connectivity index is 2.14. The van der Waals surface area contributed by atoms with Crippen molar-refractivity contribution in [1.29, 1.82) is 0 Å². The second-order valence-corrected chi connectivity index (χ2v) is 5.52. The fourth-order valence-corrected chi connectivity index (χ4v) is 2.78. The van der Waals surface area contributed by atoms with Gasteiger partial charge in [-0.25, -0.2) is 4.39 Å². The van der Waals surface area contributed by atoms with Gasteiger partial charge in [0, 0.05) is 18.3 Å². The predicted octanol–water partition coefficient (Wildman–Crippen LogP) is 2.77. The number of nitrogens with one attached hydrogen (secondary N) is 1. The van der Waals surface area contributed by atoms with Crippen LogP contribution >= 0.6 is 0 Å². The van der Waals surface area contributed by atoms with Gasteiger partial charge in [-0.2, -0.15) is 0 Å². The zero-order valence-corrected chi connectivity index (χ0v) is 11.5. The molecule has 0 spiro atoms. The summed E-state index contributed by atoms with van der Waals surface area (Å²) in [5.41, 5.74) is 5.64. The molecular formula is C15H21FN2O2. The monoisotopic (exact) mass is 280 g/mol. The van der Waals surface area contributed by atoms with E-state index < -0.39 is 17.0 Å². The molecule has 1 aliphatic carbocycles. The molecule has 4 nitrogen and oxygen atoms in total. The summed E-state index contributed by atoms with van der Waals surface area (Å²) < 4.78 is 13.3. The molecule has 0 aromatic heterocycles. The highest BCUT2D eigenvalue weighted by Gasteiger charge is 2.37. The van der Waals surface area contributed by atoms with Gasteiger partial charge in [-0.05, 0) is 25.0 Å². The molecule has 1 aromatic rings. The Labute approximate surface area is 118 Å². The molecule has 4 N–H and O–H groups in total. The van der Waals surface area contributed by atoms with Gasteiger partial charge in [0.2, 0.25) is 5.91 Å². The zero-order chi connectivity index (χ0) is 14.6. The van der Waals surface area contributed by atoms with Gasteiger partial charge in [0.15, 0.2) is 11.6 Å². The van der Waals surface area contributed by atoms with Crippen molar-refractivity contribution < 1.29 is 14.3 Å². The Bertz CT molecular complexity index is 483. The molecule has 1 amide bonds. The van der Waals surface area contributed by atoms with E-state index in [2.05, 4.69) is 5.32 Å². The van der Waals surface area contributed by atoms with Crippen LogP contribution < -0.4 is 11.1 Å². The van der Waals surface area contributed by atoms with E-state index in [4.69, 9.17) is 10.8 Å². The molecule has 0 radical (unpaired) electrons. The van der Waals surface area contributed by atoms with Crippen LogP contribution in [0, 0.1) is 11.2 Å². The summed E-state index contributed by atoms with van der Waals surface area (Å²) in [7, 11) is 0. The lowest BCUT2D eigenvalue weighted by molar-refractivity contribution is -0.125. The third-order valence-corrected chi connectivity index (χ3v) is 4.14. The van der Waals surface area contributed by atoms with Crippen LogP contribution in [0.1, 0.15) is 38.5 Å². The number of hydrogen-bond donors (Lipinski definition) is 3. The average molecular weight is 280 g/mol. The topological polar surface area (TPSA) is 75.4 Å². The summed E-state index contributed by atoms with van der Waals surface area (Å²) in [4.78, 5) is 12.5. The van der Waals surface area contributed by atoms with Gasteiger partial charge in [0.25, 0.3) is 0 Å². The molecule has 0 aliphatic heterocycles. The Morgan fingerprint density at radius 3 is 2.50 bits per heavy atom. The van der Waals surface area contributed by atoms with Crippen molar-refractivity contribution in [2.45, 2.75) is 38.5 Å². The molecule has 5 heteroatoms. The second-order valence-electron chi connectivity index (χ2n) is 5.52. The van der Waals surface area contributed by atoms with Crippen molar-refractivity contribution in [3.8, 4) is 5.75 Å². The molecule has 110 valence electrons. The van der Waals surface area contributed by atoms with E-state index in [1.165, 1.54) is 12.1 Å². The highest BCUT2D eigenvalue weighted by atomic mass is 19.1. The number of phenols is 1. The van der Waals surface area contributed by atoms with Gasteiger partial charge in [0.1, 0.15) is 0 Å². The fraction of sp³-hybridized carbons (Fsp3) is 0.533. The molecule has 1 aliphatic rings. The van der Waals surface area contributed by atoms with Gasteiger partial charge in [0.05, 0.1) is 5.41 Å². The van der Waals surface area contributed by atoms with Crippen LogP contribution in [0.2, 0.25) is 0 Å². The van der Waals surface area contributed by atoms with Crippen LogP contribution in [0.5, 0.6) is 5.75 Å². The van der Waals surface area contributed by atoms with Crippen LogP contribution in [0.15, 0.2) is 18.2 Å². The minimum atomic E-state index is -0.745. The van der Waals surface area contributed by atoms with E-state index in [0.717, 1.165) is 44.6 Å². The van der Waals surface area contributed by atoms with Crippen molar-refractivity contribution in [2.75, 3.05) is 11.9 Å². The maximum Gasteiger partial charge on any atom is 0.231 e. The van der Waals surface area contributed by atoms with Crippen LogP contribution in [-0.4, -0.2) is 17.6 Å². The number of carbonyl (C=O) groups is 1. The Hall–Kier alpha value is -1.62. The standard InChI is InChI=1S/C15H21FN2O2/c16-12-9-11(5-6-13(12)19)18-14(20)15(10-17)7-3-1-2-4-8-15/h5-6,9,19H,1-4,7-8,10,17H2,(H,18,20). The maximum absolute atomic E-state index is 13.3. The van der Waals surface area contributed by atoms with E-state index in [9.17, 15) is 9.18 Å². The fourth-order valence-electron chi connectivity index (χ4n) is 2.78.